The smallest absolute Gasteiger partial charge is 0.312 e. The molecule has 0 radical (unpaired) electrons. The molecular weight excluding hydrogens is 444 g/mol. The van der Waals surface area contributed by atoms with Crippen LogP contribution in [0.5, 0.6) is 17.2 Å². The highest BCUT2D eigenvalue weighted by atomic mass is 16.5. The Morgan fingerprint density at radius 1 is 0.971 bits per heavy atom. The predicted octanol–water partition coefficient (Wildman–Crippen LogP) is 5.77. The molecule has 1 N–H and O–H groups in total. The maximum atomic E-state index is 13.6. The lowest BCUT2D eigenvalue weighted by molar-refractivity contribution is -0.135. The summed E-state index contributed by atoms with van der Waals surface area (Å²) in [5.74, 6) is -0.254. The van der Waals surface area contributed by atoms with Gasteiger partial charge in [0.1, 0.15) is 34.5 Å². The standard InChI is InChI=1S/C29H20O6/c1-33-18-11-9-17(10-12-18)22-15-34-29-26-21(20-8-4-6-16-5-2-3-7-19(16)20)13-25(31)35-24(26)14-23(30)27(29)28(22)32/h2-12,14-15,21,30H,13H2,1H3/t21-/m0/s1. The van der Waals surface area contributed by atoms with Crippen molar-refractivity contribution in [3.8, 4) is 28.4 Å². The zero-order valence-electron chi connectivity index (χ0n) is 18.8. The molecule has 1 atom stereocenters. The van der Waals surface area contributed by atoms with Crippen molar-refractivity contribution in [1.82, 2.24) is 0 Å². The van der Waals surface area contributed by atoms with Crippen molar-refractivity contribution >= 4 is 27.7 Å². The van der Waals surface area contributed by atoms with E-state index in [1.54, 1.807) is 31.4 Å². The Bertz CT molecular complexity index is 1680. The third-order valence-corrected chi connectivity index (χ3v) is 6.57. The molecule has 35 heavy (non-hydrogen) atoms. The number of carbonyl (C=O) groups is 1. The van der Waals surface area contributed by atoms with Crippen LogP contribution in [0.4, 0.5) is 0 Å². The van der Waals surface area contributed by atoms with Gasteiger partial charge in [0.05, 0.1) is 19.1 Å². The second-order valence-electron chi connectivity index (χ2n) is 8.52. The van der Waals surface area contributed by atoms with E-state index < -0.39 is 11.9 Å². The number of esters is 1. The lowest BCUT2D eigenvalue weighted by Crippen LogP contribution is -2.22. The summed E-state index contributed by atoms with van der Waals surface area (Å²) in [5.41, 5.74) is 2.29. The van der Waals surface area contributed by atoms with Crippen molar-refractivity contribution < 1.29 is 23.8 Å². The fraction of sp³-hybridized carbons (Fsp3) is 0.103. The van der Waals surface area contributed by atoms with Gasteiger partial charge < -0.3 is 19.0 Å². The van der Waals surface area contributed by atoms with Crippen molar-refractivity contribution in [2.45, 2.75) is 12.3 Å². The van der Waals surface area contributed by atoms with E-state index in [0.29, 0.717) is 22.4 Å². The SMILES string of the molecule is COc1ccc(-c2coc3c4c(cc(O)c3c2=O)OC(=O)C[C@H]4c2cccc3ccccc23)cc1. The van der Waals surface area contributed by atoms with Gasteiger partial charge in [-0.05, 0) is 34.0 Å². The van der Waals surface area contributed by atoms with E-state index in [-0.39, 0.29) is 34.3 Å². The molecule has 0 saturated carbocycles. The Morgan fingerprint density at radius 3 is 2.54 bits per heavy atom. The molecule has 6 heteroatoms. The summed E-state index contributed by atoms with van der Waals surface area (Å²) in [6, 6.07) is 22.2. The summed E-state index contributed by atoms with van der Waals surface area (Å²) in [4.78, 5) is 26.1. The second-order valence-corrected chi connectivity index (χ2v) is 8.52. The van der Waals surface area contributed by atoms with Crippen LogP contribution in [0, 0.1) is 0 Å². The average molecular weight is 464 g/mol. The first-order chi connectivity index (χ1) is 17.0. The van der Waals surface area contributed by atoms with E-state index in [2.05, 4.69) is 0 Å². The lowest BCUT2D eigenvalue weighted by atomic mass is 9.82. The summed E-state index contributed by atoms with van der Waals surface area (Å²) in [7, 11) is 1.57. The van der Waals surface area contributed by atoms with Crippen molar-refractivity contribution in [3.05, 3.63) is 100 Å². The summed E-state index contributed by atoms with van der Waals surface area (Å²) in [6.07, 6.45) is 1.48. The van der Waals surface area contributed by atoms with Crippen LogP contribution in [0.3, 0.4) is 0 Å². The number of methoxy groups -OCH3 is 1. The fourth-order valence-electron chi connectivity index (χ4n) is 4.92. The van der Waals surface area contributed by atoms with Crippen molar-refractivity contribution in [2.75, 3.05) is 7.11 Å². The highest BCUT2D eigenvalue weighted by Gasteiger charge is 2.34. The highest BCUT2D eigenvalue weighted by molar-refractivity contribution is 5.96. The van der Waals surface area contributed by atoms with Crippen molar-refractivity contribution in [2.24, 2.45) is 0 Å². The number of aromatic hydroxyl groups is 1. The number of phenolic OH excluding ortho intramolecular Hbond substituents is 1. The quantitative estimate of drug-likeness (QED) is 0.270. The van der Waals surface area contributed by atoms with Gasteiger partial charge in [-0.25, -0.2) is 0 Å². The van der Waals surface area contributed by atoms with Crippen LogP contribution in [0.15, 0.2) is 88.3 Å². The highest BCUT2D eigenvalue weighted by Crippen LogP contribution is 2.46. The Balaban J connectivity index is 1.61. The van der Waals surface area contributed by atoms with Crippen LogP contribution in [-0.4, -0.2) is 18.2 Å². The molecule has 2 heterocycles. The number of phenols is 1. The van der Waals surface area contributed by atoms with Crippen LogP contribution in [0.25, 0.3) is 32.9 Å². The predicted molar refractivity (Wildman–Crippen MR) is 132 cm³/mol. The Morgan fingerprint density at radius 2 is 1.74 bits per heavy atom. The number of benzene rings is 4. The Kier molecular flexibility index (Phi) is 4.81. The molecule has 0 saturated heterocycles. The van der Waals surface area contributed by atoms with E-state index in [4.69, 9.17) is 13.9 Å². The molecule has 5 aromatic rings. The van der Waals surface area contributed by atoms with E-state index in [9.17, 15) is 14.7 Å². The zero-order valence-corrected chi connectivity index (χ0v) is 18.8. The number of rotatable bonds is 3. The number of carbonyl (C=O) groups excluding carboxylic acids is 1. The van der Waals surface area contributed by atoms with Crippen LogP contribution >= 0.6 is 0 Å². The average Bonchev–Trinajstić information content (AvgIpc) is 2.88. The van der Waals surface area contributed by atoms with Crippen LogP contribution in [0.1, 0.15) is 23.5 Å². The van der Waals surface area contributed by atoms with Gasteiger partial charge in [0.2, 0.25) is 5.43 Å². The van der Waals surface area contributed by atoms with E-state index in [1.165, 1.54) is 12.3 Å². The molecule has 6 rings (SSSR count). The van der Waals surface area contributed by atoms with E-state index >= 15 is 0 Å². The molecular formula is C29H20O6. The molecule has 0 fully saturated rings. The molecule has 4 aromatic carbocycles. The molecule has 0 unspecified atom stereocenters. The summed E-state index contributed by atoms with van der Waals surface area (Å²) in [6.45, 7) is 0. The summed E-state index contributed by atoms with van der Waals surface area (Å²) in [5, 5.41) is 12.9. The zero-order chi connectivity index (χ0) is 24.1. The Labute approximate surface area is 200 Å². The van der Waals surface area contributed by atoms with Gasteiger partial charge in [0.15, 0.2) is 0 Å². The molecule has 1 aromatic heterocycles. The van der Waals surface area contributed by atoms with Gasteiger partial charge in [-0.3, -0.25) is 9.59 Å². The van der Waals surface area contributed by atoms with Crippen LogP contribution in [0.2, 0.25) is 0 Å². The number of fused-ring (bicyclic) bond motifs is 4. The third kappa shape index (κ3) is 3.34. The number of hydrogen-bond donors (Lipinski definition) is 1. The first kappa shape index (κ1) is 21.0. The minimum atomic E-state index is -0.411. The van der Waals surface area contributed by atoms with E-state index in [0.717, 1.165) is 16.3 Å². The molecule has 172 valence electrons. The third-order valence-electron chi connectivity index (χ3n) is 6.57. The number of hydrogen-bond acceptors (Lipinski definition) is 6. The monoisotopic (exact) mass is 464 g/mol. The summed E-state index contributed by atoms with van der Waals surface area (Å²) < 4.78 is 16.7. The van der Waals surface area contributed by atoms with Gasteiger partial charge in [-0.15, -0.1) is 0 Å². The minimum Gasteiger partial charge on any atom is -0.507 e. The lowest BCUT2D eigenvalue weighted by Gasteiger charge is -2.26. The van der Waals surface area contributed by atoms with Gasteiger partial charge in [-0.1, -0.05) is 54.6 Å². The maximum Gasteiger partial charge on any atom is 0.312 e. The second kappa shape index (κ2) is 8.02. The van der Waals surface area contributed by atoms with Gasteiger partial charge in [-0.2, -0.15) is 0 Å². The number of ether oxygens (including phenoxy) is 2. The van der Waals surface area contributed by atoms with Gasteiger partial charge >= 0.3 is 5.97 Å². The molecule has 0 amide bonds. The van der Waals surface area contributed by atoms with Crippen molar-refractivity contribution in [1.29, 1.82) is 0 Å². The maximum absolute atomic E-state index is 13.6. The summed E-state index contributed by atoms with van der Waals surface area (Å²) >= 11 is 0. The Hall–Kier alpha value is -4.58. The normalized spacial score (nSPS) is 15.1. The largest absolute Gasteiger partial charge is 0.507 e. The van der Waals surface area contributed by atoms with Gasteiger partial charge in [0, 0.05) is 17.5 Å². The first-order valence-electron chi connectivity index (χ1n) is 11.2. The molecule has 0 spiro atoms. The minimum absolute atomic E-state index is 0.0558. The molecule has 0 aliphatic carbocycles. The molecule has 1 aliphatic rings. The van der Waals surface area contributed by atoms with Crippen LogP contribution in [-0.2, 0) is 4.79 Å². The molecule has 0 bridgehead atoms. The molecule has 6 nitrogen and oxygen atoms in total. The van der Waals surface area contributed by atoms with Crippen molar-refractivity contribution in [3.63, 3.8) is 0 Å². The van der Waals surface area contributed by atoms with Crippen LogP contribution < -0.4 is 14.9 Å². The molecule has 1 aliphatic heterocycles. The van der Waals surface area contributed by atoms with E-state index in [1.807, 2.05) is 42.5 Å². The fourth-order valence-corrected chi connectivity index (χ4v) is 4.92. The topological polar surface area (TPSA) is 86.0 Å². The van der Waals surface area contributed by atoms with Gasteiger partial charge in [0.25, 0.3) is 0 Å². The first-order valence-corrected chi connectivity index (χ1v) is 11.2.